The summed E-state index contributed by atoms with van der Waals surface area (Å²) < 4.78 is 12.8. The first kappa shape index (κ1) is 10.5. The third-order valence-corrected chi connectivity index (χ3v) is 1.87. The van der Waals surface area contributed by atoms with Crippen LogP contribution in [0.5, 0.6) is 0 Å². The minimum Gasteiger partial charge on any atom is -0.481 e. The summed E-state index contributed by atoms with van der Waals surface area (Å²) in [5, 5.41) is 8.62. The lowest BCUT2D eigenvalue weighted by molar-refractivity contribution is -0.136. The zero-order chi connectivity index (χ0) is 10.7. The number of carboxylic acid groups (broad SMARTS) is 1. The van der Waals surface area contributed by atoms with Gasteiger partial charge in [0.15, 0.2) is 0 Å². The van der Waals surface area contributed by atoms with E-state index < -0.39 is 11.8 Å². The fourth-order valence-corrected chi connectivity index (χ4v) is 1.29. The number of rotatable bonds is 3. The second-order valence-corrected chi connectivity index (χ2v) is 3.24. The Kier molecular flexibility index (Phi) is 3.06. The average Bonchev–Trinajstić information content (AvgIpc) is 2.01. The van der Waals surface area contributed by atoms with Crippen molar-refractivity contribution in [2.75, 3.05) is 19.0 Å². The van der Waals surface area contributed by atoms with Crippen LogP contribution in [0.1, 0.15) is 5.56 Å². The normalized spacial score (nSPS) is 9.93. The van der Waals surface area contributed by atoms with Gasteiger partial charge in [-0.1, -0.05) is 0 Å². The number of hydrogen-bond donors (Lipinski definition) is 1. The highest BCUT2D eigenvalue weighted by Crippen LogP contribution is 2.20. The van der Waals surface area contributed by atoms with Crippen LogP contribution in [-0.4, -0.2) is 25.2 Å². The van der Waals surface area contributed by atoms with Gasteiger partial charge in [-0.2, -0.15) is 0 Å². The molecule has 0 aromatic heterocycles. The molecule has 0 saturated heterocycles. The first-order valence-corrected chi connectivity index (χ1v) is 4.18. The molecule has 0 bridgehead atoms. The number of carboxylic acids is 1. The van der Waals surface area contributed by atoms with Crippen LogP contribution < -0.4 is 4.90 Å². The van der Waals surface area contributed by atoms with Crippen LogP contribution in [0.3, 0.4) is 0 Å². The van der Waals surface area contributed by atoms with Crippen LogP contribution in [0.4, 0.5) is 10.1 Å². The van der Waals surface area contributed by atoms with E-state index >= 15 is 0 Å². The van der Waals surface area contributed by atoms with E-state index in [1.165, 1.54) is 12.1 Å². The van der Waals surface area contributed by atoms with Gasteiger partial charge in [-0.15, -0.1) is 0 Å². The smallest absolute Gasteiger partial charge is 0.307 e. The molecule has 76 valence electrons. The fraction of sp³-hybridized carbons (Fsp3) is 0.300. The molecule has 0 fully saturated rings. The van der Waals surface area contributed by atoms with E-state index in [0.717, 1.165) is 5.69 Å². The monoisotopic (exact) mass is 197 g/mol. The Morgan fingerprint density at radius 3 is 2.64 bits per heavy atom. The van der Waals surface area contributed by atoms with Gasteiger partial charge in [0.25, 0.3) is 0 Å². The average molecular weight is 197 g/mol. The number of benzene rings is 1. The molecule has 0 unspecified atom stereocenters. The lowest BCUT2D eigenvalue weighted by Crippen LogP contribution is -2.13. The maximum atomic E-state index is 12.8. The molecule has 0 amide bonds. The predicted molar refractivity (Wildman–Crippen MR) is 52.1 cm³/mol. The van der Waals surface area contributed by atoms with Crippen LogP contribution in [0.15, 0.2) is 18.2 Å². The van der Waals surface area contributed by atoms with Gasteiger partial charge < -0.3 is 10.0 Å². The molecule has 0 aliphatic carbocycles. The Labute approximate surface area is 81.8 Å². The van der Waals surface area contributed by atoms with Gasteiger partial charge in [-0.05, 0) is 23.8 Å². The molecular formula is C10H12FNO2. The fourth-order valence-electron chi connectivity index (χ4n) is 1.29. The van der Waals surface area contributed by atoms with Gasteiger partial charge in [0.05, 0.1) is 6.42 Å². The van der Waals surface area contributed by atoms with E-state index in [9.17, 15) is 9.18 Å². The number of anilines is 1. The van der Waals surface area contributed by atoms with Gasteiger partial charge in [0, 0.05) is 19.8 Å². The molecule has 0 heterocycles. The zero-order valence-electron chi connectivity index (χ0n) is 8.12. The Bertz CT molecular complexity index is 350. The van der Waals surface area contributed by atoms with Gasteiger partial charge in [0.2, 0.25) is 0 Å². The highest BCUT2D eigenvalue weighted by Gasteiger charge is 2.09. The topological polar surface area (TPSA) is 40.5 Å². The van der Waals surface area contributed by atoms with Crippen molar-refractivity contribution in [1.82, 2.24) is 0 Å². The molecule has 0 spiro atoms. The second kappa shape index (κ2) is 4.09. The first-order valence-electron chi connectivity index (χ1n) is 4.18. The summed E-state index contributed by atoms with van der Waals surface area (Å²) >= 11 is 0. The Balaban J connectivity index is 3.09. The van der Waals surface area contributed by atoms with Gasteiger partial charge in [0.1, 0.15) is 5.82 Å². The molecule has 0 saturated carbocycles. The summed E-state index contributed by atoms with van der Waals surface area (Å²) in [6.45, 7) is 0. The molecule has 0 aliphatic rings. The van der Waals surface area contributed by atoms with Crippen molar-refractivity contribution in [2.45, 2.75) is 6.42 Å². The van der Waals surface area contributed by atoms with Gasteiger partial charge >= 0.3 is 5.97 Å². The van der Waals surface area contributed by atoms with Crippen LogP contribution in [-0.2, 0) is 11.2 Å². The molecule has 0 aliphatic heterocycles. The molecule has 1 N–H and O–H groups in total. The van der Waals surface area contributed by atoms with Crippen LogP contribution in [0, 0.1) is 5.82 Å². The van der Waals surface area contributed by atoms with Crippen LogP contribution in [0.25, 0.3) is 0 Å². The molecule has 1 aromatic carbocycles. The highest BCUT2D eigenvalue weighted by molar-refractivity contribution is 5.73. The van der Waals surface area contributed by atoms with Gasteiger partial charge in [-0.3, -0.25) is 4.79 Å². The van der Waals surface area contributed by atoms with Crippen LogP contribution in [0.2, 0.25) is 0 Å². The minimum absolute atomic E-state index is 0.161. The Morgan fingerprint density at radius 2 is 2.14 bits per heavy atom. The van der Waals surface area contributed by atoms with Crippen molar-refractivity contribution in [2.24, 2.45) is 0 Å². The van der Waals surface area contributed by atoms with Crippen molar-refractivity contribution in [3.05, 3.63) is 29.6 Å². The quantitative estimate of drug-likeness (QED) is 0.798. The van der Waals surface area contributed by atoms with Crippen molar-refractivity contribution >= 4 is 11.7 Å². The molecule has 3 nitrogen and oxygen atoms in total. The Hall–Kier alpha value is -1.58. The third-order valence-electron chi connectivity index (χ3n) is 1.87. The maximum absolute atomic E-state index is 12.8. The molecule has 1 rings (SSSR count). The minimum atomic E-state index is -0.960. The van der Waals surface area contributed by atoms with E-state index in [4.69, 9.17) is 5.11 Å². The summed E-state index contributed by atoms with van der Waals surface area (Å²) in [5.41, 5.74) is 1.22. The molecule has 1 aromatic rings. The van der Waals surface area contributed by atoms with E-state index in [1.54, 1.807) is 25.1 Å². The lowest BCUT2D eigenvalue weighted by Gasteiger charge is -2.16. The first-order chi connectivity index (χ1) is 6.50. The van der Waals surface area contributed by atoms with Gasteiger partial charge in [-0.25, -0.2) is 4.39 Å². The largest absolute Gasteiger partial charge is 0.481 e. The van der Waals surface area contributed by atoms with Crippen molar-refractivity contribution < 1.29 is 14.3 Å². The number of aliphatic carboxylic acids is 1. The number of nitrogens with zero attached hydrogens (tertiary/aromatic N) is 1. The maximum Gasteiger partial charge on any atom is 0.307 e. The summed E-state index contributed by atoms with van der Waals surface area (Å²) in [6, 6.07) is 4.15. The standard InChI is InChI=1S/C10H12FNO2/c1-12(2)9-4-3-8(11)5-7(9)6-10(13)14/h3-5H,6H2,1-2H3,(H,13,14). The summed E-state index contributed by atoms with van der Waals surface area (Å²) in [5.74, 6) is -1.37. The zero-order valence-corrected chi connectivity index (χ0v) is 8.12. The second-order valence-electron chi connectivity index (χ2n) is 3.24. The molecule has 0 atom stereocenters. The summed E-state index contributed by atoms with van der Waals surface area (Å²) in [6.07, 6.45) is -0.161. The highest BCUT2D eigenvalue weighted by atomic mass is 19.1. The third kappa shape index (κ3) is 2.45. The Morgan fingerprint density at radius 1 is 1.50 bits per heavy atom. The van der Waals surface area contributed by atoms with Crippen molar-refractivity contribution in [3.63, 3.8) is 0 Å². The number of halogens is 1. The number of carbonyl (C=O) groups is 1. The molecule has 4 heteroatoms. The SMILES string of the molecule is CN(C)c1ccc(F)cc1CC(=O)O. The van der Waals surface area contributed by atoms with E-state index in [-0.39, 0.29) is 6.42 Å². The van der Waals surface area contributed by atoms with Crippen molar-refractivity contribution in [3.8, 4) is 0 Å². The van der Waals surface area contributed by atoms with E-state index in [0.29, 0.717) is 5.56 Å². The summed E-state index contributed by atoms with van der Waals surface area (Å²) in [7, 11) is 3.58. The van der Waals surface area contributed by atoms with E-state index in [1.807, 2.05) is 0 Å². The summed E-state index contributed by atoms with van der Waals surface area (Å²) in [4.78, 5) is 12.3. The molecule has 0 radical (unpaired) electrons. The molecule has 14 heavy (non-hydrogen) atoms. The molecular weight excluding hydrogens is 185 g/mol. The number of hydrogen-bond acceptors (Lipinski definition) is 2. The van der Waals surface area contributed by atoms with E-state index in [2.05, 4.69) is 0 Å². The lowest BCUT2D eigenvalue weighted by atomic mass is 10.1. The van der Waals surface area contributed by atoms with Crippen LogP contribution >= 0.6 is 0 Å². The van der Waals surface area contributed by atoms with Crippen molar-refractivity contribution in [1.29, 1.82) is 0 Å². The predicted octanol–water partition coefficient (Wildman–Crippen LogP) is 1.52.